The molecule has 0 aliphatic rings. The molecule has 0 unspecified atom stereocenters. The number of nitrogens with zero attached hydrogens (tertiary/aromatic N) is 1. The molecule has 1 aromatic carbocycles. The lowest BCUT2D eigenvalue weighted by molar-refractivity contribution is 0.102. The topological polar surface area (TPSA) is 65.2 Å². The summed E-state index contributed by atoms with van der Waals surface area (Å²) in [4.78, 5) is 27.8. The molecule has 1 heterocycles. The molecule has 0 fully saturated rings. The molecule has 0 aliphatic carbocycles. The zero-order chi connectivity index (χ0) is 14.7. The van der Waals surface area contributed by atoms with Gasteiger partial charge in [0.25, 0.3) is 5.91 Å². The van der Waals surface area contributed by atoms with Crippen molar-refractivity contribution in [3.63, 3.8) is 0 Å². The fraction of sp³-hybridized carbons (Fsp3) is 0.143. The van der Waals surface area contributed by atoms with E-state index in [-0.39, 0.29) is 17.2 Å². The predicted octanol–water partition coefficient (Wildman–Crippen LogP) is 2.46. The van der Waals surface area contributed by atoms with E-state index < -0.39 is 0 Å². The van der Waals surface area contributed by atoms with Gasteiger partial charge in [-0.25, -0.2) is 0 Å². The summed E-state index contributed by atoms with van der Waals surface area (Å²) in [6, 6.07) is 10.1. The third kappa shape index (κ3) is 3.27. The van der Waals surface area contributed by atoms with Crippen molar-refractivity contribution in [2.45, 2.75) is 0 Å². The molecule has 0 atom stereocenters. The van der Waals surface area contributed by atoms with Crippen LogP contribution in [0.3, 0.4) is 0 Å². The number of H-pyrrole nitrogens is 1. The number of halogens is 1. The van der Waals surface area contributed by atoms with Crippen LogP contribution in [0.5, 0.6) is 0 Å². The minimum absolute atomic E-state index is 0.224. The van der Waals surface area contributed by atoms with Crippen LogP contribution in [0.4, 0.5) is 11.4 Å². The fourth-order valence-corrected chi connectivity index (χ4v) is 2.13. The summed E-state index contributed by atoms with van der Waals surface area (Å²) in [6.45, 7) is 0. The third-order valence-electron chi connectivity index (χ3n) is 2.70. The molecule has 0 saturated carbocycles. The molecule has 5 nitrogen and oxygen atoms in total. The number of carbonyl (C=O) groups excluding carboxylic acids is 1. The summed E-state index contributed by atoms with van der Waals surface area (Å²) in [6.07, 6.45) is 0. The largest absolute Gasteiger partial charge is 0.376 e. The van der Waals surface area contributed by atoms with Crippen molar-refractivity contribution < 1.29 is 4.79 Å². The van der Waals surface area contributed by atoms with Crippen LogP contribution in [-0.4, -0.2) is 25.0 Å². The molecule has 2 rings (SSSR count). The van der Waals surface area contributed by atoms with E-state index in [1.165, 1.54) is 6.07 Å². The number of rotatable bonds is 3. The second kappa shape index (κ2) is 5.92. The molecule has 1 aromatic heterocycles. The molecule has 0 radical (unpaired) electrons. The first-order valence-corrected chi connectivity index (χ1v) is 6.74. The van der Waals surface area contributed by atoms with Crippen molar-refractivity contribution in [3.05, 3.63) is 56.9 Å². The van der Waals surface area contributed by atoms with Crippen LogP contribution in [0.15, 0.2) is 45.7 Å². The lowest BCUT2D eigenvalue weighted by atomic mass is 10.2. The van der Waals surface area contributed by atoms with Crippen LogP contribution < -0.4 is 15.8 Å². The number of hydrogen-bond donors (Lipinski definition) is 2. The Morgan fingerprint density at radius 3 is 2.65 bits per heavy atom. The van der Waals surface area contributed by atoms with Crippen LogP contribution in [0.2, 0.25) is 0 Å². The maximum Gasteiger partial charge on any atom is 0.272 e. The first kappa shape index (κ1) is 14.3. The van der Waals surface area contributed by atoms with E-state index in [9.17, 15) is 9.59 Å². The smallest absolute Gasteiger partial charge is 0.272 e. The molecule has 0 spiro atoms. The lowest BCUT2D eigenvalue weighted by Crippen LogP contribution is -2.20. The summed E-state index contributed by atoms with van der Waals surface area (Å²) >= 11 is 3.38. The van der Waals surface area contributed by atoms with E-state index in [0.717, 1.165) is 10.2 Å². The number of aromatic amines is 1. The molecular weight excluding hydrogens is 322 g/mol. The highest BCUT2D eigenvalue weighted by molar-refractivity contribution is 9.10. The summed E-state index contributed by atoms with van der Waals surface area (Å²) in [7, 11) is 3.78. The van der Waals surface area contributed by atoms with E-state index in [4.69, 9.17) is 0 Å². The average Bonchev–Trinajstić information content (AvgIpc) is 2.38. The van der Waals surface area contributed by atoms with Gasteiger partial charge >= 0.3 is 0 Å². The van der Waals surface area contributed by atoms with Gasteiger partial charge in [-0.2, -0.15) is 0 Å². The first-order valence-electron chi connectivity index (χ1n) is 5.95. The third-order valence-corrected chi connectivity index (χ3v) is 3.19. The van der Waals surface area contributed by atoms with Gasteiger partial charge in [0.1, 0.15) is 5.69 Å². The Morgan fingerprint density at radius 2 is 2.00 bits per heavy atom. The van der Waals surface area contributed by atoms with Gasteiger partial charge in [0, 0.05) is 24.6 Å². The summed E-state index contributed by atoms with van der Waals surface area (Å²) in [5, 5.41) is 2.80. The van der Waals surface area contributed by atoms with Gasteiger partial charge < -0.3 is 15.2 Å². The number of pyridine rings is 1. The van der Waals surface area contributed by atoms with E-state index in [1.54, 1.807) is 12.1 Å². The predicted molar refractivity (Wildman–Crippen MR) is 83.5 cm³/mol. The first-order chi connectivity index (χ1) is 9.47. The van der Waals surface area contributed by atoms with Crippen LogP contribution in [0.25, 0.3) is 0 Å². The molecule has 2 aromatic rings. The average molecular weight is 336 g/mol. The summed E-state index contributed by atoms with van der Waals surface area (Å²) in [5.74, 6) is -0.357. The maximum atomic E-state index is 12.1. The van der Waals surface area contributed by atoms with Gasteiger partial charge in [-0.3, -0.25) is 9.59 Å². The highest BCUT2D eigenvalue weighted by Crippen LogP contribution is 2.28. The molecule has 0 saturated heterocycles. The normalized spacial score (nSPS) is 10.2. The number of nitrogens with one attached hydrogen (secondary N) is 2. The molecule has 20 heavy (non-hydrogen) atoms. The fourth-order valence-electron chi connectivity index (χ4n) is 1.77. The van der Waals surface area contributed by atoms with Crippen molar-refractivity contribution >= 4 is 33.2 Å². The van der Waals surface area contributed by atoms with Crippen molar-refractivity contribution in [3.8, 4) is 0 Å². The zero-order valence-corrected chi connectivity index (χ0v) is 12.7. The van der Waals surface area contributed by atoms with Gasteiger partial charge in [-0.15, -0.1) is 0 Å². The monoisotopic (exact) mass is 335 g/mol. The van der Waals surface area contributed by atoms with Crippen LogP contribution in [0.1, 0.15) is 10.5 Å². The number of benzene rings is 1. The molecule has 0 bridgehead atoms. The number of anilines is 2. The van der Waals surface area contributed by atoms with Crippen molar-refractivity contribution in [2.24, 2.45) is 0 Å². The number of carbonyl (C=O) groups is 1. The van der Waals surface area contributed by atoms with Crippen LogP contribution in [0, 0.1) is 0 Å². The molecule has 2 N–H and O–H groups in total. The minimum Gasteiger partial charge on any atom is -0.376 e. The van der Waals surface area contributed by atoms with E-state index in [0.29, 0.717) is 5.69 Å². The van der Waals surface area contributed by atoms with Crippen molar-refractivity contribution in [1.82, 2.24) is 4.98 Å². The van der Waals surface area contributed by atoms with Crippen molar-refractivity contribution in [1.29, 1.82) is 0 Å². The Morgan fingerprint density at radius 1 is 1.25 bits per heavy atom. The van der Waals surface area contributed by atoms with E-state index in [2.05, 4.69) is 26.2 Å². The zero-order valence-electron chi connectivity index (χ0n) is 11.1. The van der Waals surface area contributed by atoms with E-state index >= 15 is 0 Å². The Kier molecular flexibility index (Phi) is 4.24. The molecule has 6 heteroatoms. The summed E-state index contributed by atoms with van der Waals surface area (Å²) in [5.41, 5.74) is 1.46. The summed E-state index contributed by atoms with van der Waals surface area (Å²) < 4.78 is 0.861. The Hall–Kier alpha value is -2.08. The standard InChI is InChI=1S/C14H14BrN3O2/c1-18(2)12-7-6-9(15)8-11(12)17-14(20)10-4-3-5-13(19)16-10/h3-8H,1-2H3,(H,16,19)(H,17,20). The lowest BCUT2D eigenvalue weighted by Gasteiger charge is -2.18. The maximum absolute atomic E-state index is 12.1. The second-order valence-electron chi connectivity index (χ2n) is 4.44. The number of aromatic nitrogens is 1. The second-order valence-corrected chi connectivity index (χ2v) is 5.35. The number of hydrogen-bond acceptors (Lipinski definition) is 3. The Bertz CT molecular complexity index is 695. The van der Waals surface area contributed by atoms with Gasteiger partial charge in [0.05, 0.1) is 11.4 Å². The highest BCUT2D eigenvalue weighted by atomic mass is 79.9. The van der Waals surface area contributed by atoms with Gasteiger partial charge in [0.15, 0.2) is 0 Å². The quantitative estimate of drug-likeness (QED) is 0.905. The van der Waals surface area contributed by atoms with Gasteiger partial charge in [-0.1, -0.05) is 22.0 Å². The Balaban J connectivity index is 2.32. The van der Waals surface area contributed by atoms with Crippen LogP contribution in [-0.2, 0) is 0 Å². The molecule has 1 amide bonds. The molecule has 0 aliphatic heterocycles. The molecule has 104 valence electrons. The van der Waals surface area contributed by atoms with Gasteiger partial charge in [0.2, 0.25) is 5.56 Å². The Labute approximate surface area is 124 Å². The van der Waals surface area contributed by atoms with Crippen molar-refractivity contribution in [2.75, 3.05) is 24.3 Å². The SMILES string of the molecule is CN(C)c1ccc(Br)cc1NC(=O)c1cccc(=O)[nH]1. The number of amides is 1. The molecular formula is C14H14BrN3O2. The minimum atomic E-state index is -0.357. The highest BCUT2D eigenvalue weighted by Gasteiger charge is 2.11. The van der Waals surface area contributed by atoms with Gasteiger partial charge in [-0.05, 0) is 24.3 Å². The van der Waals surface area contributed by atoms with Crippen LogP contribution >= 0.6 is 15.9 Å². The van der Waals surface area contributed by atoms with E-state index in [1.807, 2.05) is 37.2 Å².